The molecule has 70 valence electrons. The fourth-order valence-corrected chi connectivity index (χ4v) is 0.702. The first-order valence-electron chi connectivity index (χ1n) is 2.98. The second-order valence-electron chi connectivity index (χ2n) is 1.75. The quantitative estimate of drug-likeness (QED) is 0.565. The lowest BCUT2D eigenvalue weighted by Crippen LogP contribution is -2.22. The summed E-state index contributed by atoms with van der Waals surface area (Å²) in [7, 11) is 0. The van der Waals surface area contributed by atoms with Crippen molar-refractivity contribution in [2.75, 3.05) is 6.61 Å². The number of alkyl halides is 3. The second kappa shape index (κ2) is 4.49. The summed E-state index contributed by atoms with van der Waals surface area (Å²) in [5.41, 5.74) is 0. The van der Waals surface area contributed by atoms with Crippen molar-refractivity contribution in [2.45, 2.75) is 13.1 Å². The van der Waals surface area contributed by atoms with Crippen molar-refractivity contribution >= 4 is 21.7 Å². The molecule has 0 N–H and O–H groups in total. The number of ketones is 1. The molecular weight excluding hydrogens is 241 g/mol. The summed E-state index contributed by atoms with van der Waals surface area (Å²) in [6.45, 7) is 1.80. The van der Waals surface area contributed by atoms with Gasteiger partial charge in [-0.3, -0.25) is 4.79 Å². The minimum absolute atomic E-state index is 0.209. The van der Waals surface area contributed by atoms with Crippen LogP contribution in [0, 0.1) is 0 Å². The van der Waals surface area contributed by atoms with Crippen LogP contribution in [0.5, 0.6) is 0 Å². The maximum Gasteiger partial charge on any atom is 0.455 e. The van der Waals surface area contributed by atoms with Gasteiger partial charge in [-0.15, -0.1) is 0 Å². The molecule has 0 saturated carbocycles. The molecule has 0 atom stereocenters. The molecule has 0 rings (SSSR count). The van der Waals surface area contributed by atoms with Crippen LogP contribution in [0.25, 0.3) is 0 Å². The van der Waals surface area contributed by atoms with Gasteiger partial charge in [0.2, 0.25) is 0 Å². The van der Waals surface area contributed by atoms with Gasteiger partial charge in [0.15, 0.2) is 0 Å². The standard InChI is InChI=1S/C6H6BrF3O2/c1-2-12-3-4(7)5(11)6(8,9)10/h3H,2H2,1H3/b4-3+. The van der Waals surface area contributed by atoms with Crippen LogP contribution in [0.2, 0.25) is 0 Å². The SMILES string of the molecule is CCO/C=C(/Br)C(=O)C(F)(F)F. The van der Waals surface area contributed by atoms with E-state index < -0.39 is 16.4 Å². The van der Waals surface area contributed by atoms with Crippen LogP contribution in [-0.2, 0) is 9.53 Å². The molecule has 2 nitrogen and oxygen atoms in total. The lowest BCUT2D eigenvalue weighted by molar-refractivity contribution is -0.165. The summed E-state index contributed by atoms with van der Waals surface area (Å²) >= 11 is 2.45. The minimum Gasteiger partial charge on any atom is -0.500 e. The zero-order valence-corrected chi connectivity index (χ0v) is 7.70. The molecule has 0 aliphatic heterocycles. The van der Waals surface area contributed by atoms with Crippen LogP contribution in [-0.4, -0.2) is 18.6 Å². The number of Topliss-reactive ketones (excluding diaryl/α,β-unsaturated/α-hetero) is 1. The number of ether oxygens (including phenoxy) is 1. The van der Waals surface area contributed by atoms with E-state index in [1.165, 1.54) is 0 Å². The average molecular weight is 247 g/mol. The number of carbonyl (C=O) groups excluding carboxylic acids is 1. The summed E-state index contributed by atoms with van der Waals surface area (Å²) in [5, 5.41) is 0. The molecule has 0 radical (unpaired) electrons. The van der Waals surface area contributed by atoms with Crippen LogP contribution >= 0.6 is 15.9 Å². The second-order valence-corrected chi connectivity index (χ2v) is 2.60. The third-order valence-electron chi connectivity index (χ3n) is 0.828. The number of carbonyl (C=O) groups is 1. The van der Waals surface area contributed by atoms with Crippen LogP contribution in [0.15, 0.2) is 10.7 Å². The summed E-state index contributed by atoms with van der Waals surface area (Å²) in [6, 6.07) is 0. The van der Waals surface area contributed by atoms with Gasteiger partial charge < -0.3 is 4.74 Å². The molecule has 0 heterocycles. The van der Waals surface area contributed by atoms with Gasteiger partial charge in [-0.25, -0.2) is 0 Å². The normalized spacial score (nSPS) is 12.9. The smallest absolute Gasteiger partial charge is 0.455 e. The maximum atomic E-state index is 11.7. The predicted octanol–water partition coefficient (Wildman–Crippen LogP) is 2.39. The molecular formula is C6H6BrF3O2. The Morgan fingerprint density at radius 1 is 1.58 bits per heavy atom. The zero-order chi connectivity index (χ0) is 9.78. The molecule has 0 aliphatic rings. The molecule has 0 amide bonds. The van der Waals surface area contributed by atoms with Gasteiger partial charge in [0.1, 0.15) is 10.7 Å². The number of rotatable bonds is 3. The molecule has 0 unspecified atom stereocenters. The highest BCUT2D eigenvalue weighted by molar-refractivity contribution is 9.12. The number of hydrogen-bond acceptors (Lipinski definition) is 2. The summed E-state index contributed by atoms with van der Waals surface area (Å²) in [4.78, 5) is 10.4. The van der Waals surface area contributed by atoms with Gasteiger partial charge in [0, 0.05) is 0 Å². The van der Waals surface area contributed by atoms with E-state index in [4.69, 9.17) is 0 Å². The Hall–Kier alpha value is -0.520. The topological polar surface area (TPSA) is 26.3 Å². The van der Waals surface area contributed by atoms with E-state index in [0.717, 1.165) is 6.26 Å². The Balaban J connectivity index is 4.30. The van der Waals surface area contributed by atoms with Crippen molar-refractivity contribution in [1.29, 1.82) is 0 Å². The molecule has 0 aromatic rings. The van der Waals surface area contributed by atoms with Gasteiger partial charge in [-0.1, -0.05) is 0 Å². The Morgan fingerprint density at radius 3 is 2.42 bits per heavy atom. The van der Waals surface area contributed by atoms with E-state index in [-0.39, 0.29) is 6.61 Å². The van der Waals surface area contributed by atoms with Gasteiger partial charge in [0.05, 0.1) is 6.61 Å². The zero-order valence-electron chi connectivity index (χ0n) is 6.11. The Bertz CT molecular complexity index is 197. The van der Waals surface area contributed by atoms with Crippen molar-refractivity contribution in [3.8, 4) is 0 Å². The van der Waals surface area contributed by atoms with Gasteiger partial charge >= 0.3 is 6.18 Å². The molecule has 0 aromatic carbocycles. The third kappa shape index (κ3) is 3.75. The molecule has 0 saturated heterocycles. The highest BCUT2D eigenvalue weighted by Gasteiger charge is 2.40. The number of halogens is 4. The average Bonchev–Trinajstić information content (AvgIpc) is 1.97. The van der Waals surface area contributed by atoms with Gasteiger partial charge in [0.25, 0.3) is 5.78 Å². The van der Waals surface area contributed by atoms with Gasteiger partial charge in [-0.05, 0) is 22.9 Å². The number of hydrogen-bond donors (Lipinski definition) is 0. The van der Waals surface area contributed by atoms with E-state index in [1.54, 1.807) is 6.92 Å². The van der Waals surface area contributed by atoms with Crippen LogP contribution in [0.3, 0.4) is 0 Å². The Kier molecular flexibility index (Phi) is 4.30. The molecule has 0 aliphatic carbocycles. The van der Waals surface area contributed by atoms with Crippen molar-refractivity contribution < 1.29 is 22.7 Å². The lowest BCUT2D eigenvalue weighted by atomic mass is 10.4. The van der Waals surface area contributed by atoms with E-state index in [2.05, 4.69) is 20.7 Å². The summed E-state index contributed by atoms with van der Waals surface area (Å²) < 4.78 is 38.8. The highest BCUT2D eigenvalue weighted by Crippen LogP contribution is 2.23. The highest BCUT2D eigenvalue weighted by atomic mass is 79.9. The first-order chi connectivity index (χ1) is 5.39. The largest absolute Gasteiger partial charge is 0.500 e. The minimum atomic E-state index is -4.85. The van der Waals surface area contributed by atoms with Crippen molar-refractivity contribution in [1.82, 2.24) is 0 Å². The molecule has 0 spiro atoms. The maximum absolute atomic E-state index is 11.7. The Labute approximate surface area is 75.5 Å². The third-order valence-corrected chi connectivity index (χ3v) is 1.37. The molecule has 12 heavy (non-hydrogen) atoms. The van der Waals surface area contributed by atoms with Crippen molar-refractivity contribution in [2.24, 2.45) is 0 Å². The first-order valence-corrected chi connectivity index (χ1v) is 3.77. The molecule has 0 bridgehead atoms. The summed E-state index contributed by atoms with van der Waals surface area (Å²) in [6.07, 6.45) is -4.12. The van der Waals surface area contributed by atoms with E-state index >= 15 is 0 Å². The van der Waals surface area contributed by atoms with Crippen LogP contribution < -0.4 is 0 Å². The van der Waals surface area contributed by atoms with E-state index in [1.807, 2.05) is 0 Å². The summed E-state index contributed by atoms with van der Waals surface area (Å²) in [5.74, 6) is -1.95. The fraction of sp³-hybridized carbons (Fsp3) is 0.500. The van der Waals surface area contributed by atoms with Crippen LogP contribution in [0.1, 0.15) is 6.92 Å². The fourth-order valence-electron chi connectivity index (χ4n) is 0.345. The monoisotopic (exact) mass is 246 g/mol. The Morgan fingerprint density at radius 2 is 2.08 bits per heavy atom. The molecule has 0 aromatic heterocycles. The van der Waals surface area contributed by atoms with Crippen molar-refractivity contribution in [3.05, 3.63) is 10.7 Å². The van der Waals surface area contributed by atoms with E-state index in [0.29, 0.717) is 0 Å². The lowest BCUT2D eigenvalue weighted by Gasteiger charge is -2.03. The molecule has 6 heteroatoms. The molecule has 0 fully saturated rings. The van der Waals surface area contributed by atoms with Crippen LogP contribution in [0.4, 0.5) is 13.2 Å². The predicted molar refractivity (Wildman–Crippen MR) is 39.7 cm³/mol. The first kappa shape index (κ1) is 11.5. The van der Waals surface area contributed by atoms with Crippen molar-refractivity contribution in [3.63, 3.8) is 0 Å². The number of allylic oxidation sites excluding steroid dienone is 1. The van der Waals surface area contributed by atoms with E-state index in [9.17, 15) is 18.0 Å². The van der Waals surface area contributed by atoms with Gasteiger partial charge in [-0.2, -0.15) is 13.2 Å².